The van der Waals surface area contributed by atoms with Crippen molar-refractivity contribution in [2.24, 2.45) is 10.7 Å². The van der Waals surface area contributed by atoms with Crippen LogP contribution in [0.2, 0.25) is 0 Å². The van der Waals surface area contributed by atoms with E-state index in [0.717, 1.165) is 5.69 Å². The first-order valence-corrected chi connectivity index (χ1v) is 7.34. The van der Waals surface area contributed by atoms with Crippen molar-refractivity contribution in [3.63, 3.8) is 0 Å². The molecule has 0 saturated heterocycles. The SMILES string of the molecule is COc1ccc(NC(N)=NCc2sccc2C)cc1OC. The summed E-state index contributed by atoms with van der Waals surface area (Å²) in [6.07, 6.45) is 0. The van der Waals surface area contributed by atoms with Crippen LogP contribution in [0.15, 0.2) is 34.6 Å². The van der Waals surface area contributed by atoms with E-state index in [1.165, 1.54) is 10.4 Å². The largest absolute Gasteiger partial charge is 0.493 e. The zero-order valence-corrected chi connectivity index (χ0v) is 13.2. The maximum absolute atomic E-state index is 5.91. The molecular weight excluding hydrogens is 286 g/mol. The summed E-state index contributed by atoms with van der Waals surface area (Å²) in [6, 6.07) is 7.57. The third kappa shape index (κ3) is 3.88. The van der Waals surface area contributed by atoms with E-state index in [1.807, 2.05) is 18.2 Å². The molecule has 0 spiro atoms. The summed E-state index contributed by atoms with van der Waals surface area (Å²) >= 11 is 1.68. The lowest BCUT2D eigenvalue weighted by Crippen LogP contribution is -2.22. The molecular formula is C15H19N3O2S. The standard InChI is InChI=1S/C15H19N3O2S/c1-10-6-7-21-14(10)9-17-15(16)18-11-4-5-12(19-2)13(8-11)20-3/h4-8H,9H2,1-3H3,(H3,16,17,18). The van der Waals surface area contributed by atoms with Crippen LogP contribution in [0, 0.1) is 6.92 Å². The quantitative estimate of drug-likeness (QED) is 0.658. The highest BCUT2D eigenvalue weighted by Crippen LogP contribution is 2.29. The van der Waals surface area contributed by atoms with Crippen LogP contribution in [-0.2, 0) is 6.54 Å². The normalized spacial score (nSPS) is 11.3. The minimum absolute atomic E-state index is 0.370. The van der Waals surface area contributed by atoms with E-state index in [1.54, 1.807) is 25.6 Å². The number of hydrogen-bond acceptors (Lipinski definition) is 4. The Balaban J connectivity index is 2.05. The maximum atomic E-state index is 5.91. The van der Waals surface area contributed by atoms with Crippen LogP contribution in [0.3, 0.4) is 0 Å². The molecule has 0 aliphatic rings. The van der Waals surface area contributed by atoms with Gasteiger partial charge in [0.05, 0.1) is 20.8 Å². The molecule has 21 heavy (non-hydrogen) atoms. The van der Waals surface area contributed by atoms with Crippen molar-refractivity contribution in [2.45, 2.75) is 13.5 Å². The van der Waals surface area contributed by atoms with Gasteiger partial charge in [-0.2, -0.15) is 0 Å². The number of benzene rings is 1. The molecule has 5 nitrogen and oxygen atoms in total. The van der Waals surface area contributed by atoms with Crippen molar-refractivity contribution >= 4 is 23.0 Å². The summed E-state index contributed by atoms with van der Waals surface area (Å²) in [5, 5.41) is 5.10. The topological polar surface area (TPSA) is 68.9 Å². The third-order valence-electron chi connectivity index (χ3n) is 3.02. The Kier molecular flexibility index (Phi) is 5.05. The lowest BCUT2D eigenvalue weighted by atomic mass is 10.3. The fourth-order valence-electron chi connectivity index (χ4n) is 1.82. The Bertz CT molecular complexity index is 638. The minimum Gasteiger partial charge on any atom is -0.493 e. The fourth-order valence-corrected chi connectivity index (χ4v) is 2.65. The second-order valence-electron chi connectivity index (χ2n) is 4.42. The molecule has 3 N–H and O–H groups in total. The smallest absolute Gasteiger partial charge is 0.193 e. The number of rotatable bonds is 5. The van der Waals surface area contributed by atoms with Crippen LogP contribution in [0.4, 0.5) is 5.69 Å². The first-order valence-electron chi connectivity index (χ1n) is 6.46. The van der Waals surface area contributed by atoms with Crippen LogP contribution >= 0.6 is 11.3 Å². The summed E-state index contributed by atoms with van der Waals surface area (Å²) in [5.74, 6) is 1.69. The Labute approximate surface area is 128 Å². The summed E-state index contributed by atoms with van der Waals surface area (Å²) in [5.41, 5.74) is 7.95. The van der Waals surface area contributed by atoms with Gasteiger partial charge in [0.2, 0.25) is 0 Å². The Hall–Kier alpha value is -2.21. The molecule has 2 rings (SSSR count). The molecule has 0 saturated carbocycles. The highest BCUT2D eigenvalue weighted by atomic mass is 32.1. The average molecular weight is 305 g/mol. The summed E-state index contributed by atoms with van der Waals surface area (Å²) in [6.45, 7) is 2.65. The number of thiophene rings is 1. The number of guanidine groups is 1. The van der Waals surface area contributed by atoms with Crippen molar-refractivity contribution in [1.29, 1.82) is 0 Å². The second kappa shape index (κ2) is 6.99. The van der Waals surface area contributed by atoms with Gasteiger partial charge in [-0.1, -0.05) is 0 Å². The number of hydrogen-bond donors (Lipinski definition) is 2. The molecule has 6 heteroatoms. The fraction of sp³-hybridized carbons (Fsp3) is 0.267. The average Bonchev–Trinajstić information content (AvgIpc) is 2.90. The van der Waals surface area contributed by atoms with E-state index in [-0.39, 0.29) is 0 Å². The van der Waals surface area contributed by atoms with E-state index in [0.29, 0.717) is 24.0 Å². The van der Waals surface area contributed by atoms with Gasteiger partial charge in [0.1, 0.15) is 0 Å². The molecule has 1 aromatic carbocycles. The zero-order valence-electron chi connectivity index (χ0n) is 12.3. The van der Waals surface area contributed by atoms with E-state index in [9.17, 15) is 0 Å². The summed E-state index contributed by atoms with van der Waals surface area (Å²) in [7, 11) is 3.20. The van der Waals surface area contributed by atoms with Crippen LogP contribution in [0.25, 0.3) is 0 Å². The van der Waals surface area contributed by atoms with Gasteiger partial charge in [0, 0.05) is 16.6 Å². The number of anilines is 1. The van der Waals surface area contributed by atoms with Crippen molar-refractivity contribution < 1.29 is 9.47 Å². The van der Waals surface area contributed by atoms with Gasteiger partial charge < -0.3 is 20.5 Å². The lowest BCUT2D eigenvalue weighted by Gasteiger charge is -2.10. The Morgan fingerprint density at radius 3 is 2.62 bits per heavy atom. The molecule has 1 heterocycles. The zero-order chi connectivity index (χ0) is 15.2. The third-order valence-corrected chi connectivity index (χ3v) is 4.02. The number of nitrogens with zero attached hydrogens (tertiary/aromatic N) is 1. The van der Waals surface area contributed by atoms with E-state index < -0.39 is 0 Å². The van der Waals surface area contributed by atoms with Crippen molar-refractivity contribution in [2.75, 3.05) is 19.5 Å². The molecule has 0 aliphatic carbocycles. The lowest BCUT2D eigenvalue weighted by molar-refractivity contribution is 0.355. The summed E-state index contributed by atoms with van der Waals surface area (Å²) in [4.78, 5) is 5.56. The van der Waals surface area contributed by atoms with Gasteiger partial charge in [0.25, 0.3) is 0 Å². The molecule has 0 amide bonds. The first kappa shape index (κ1) is 15.2. The highest BCUT2D eigenvalue weighted by molar-refractivity contribution is 7.10. The number of aryl methyl sites for hydroxylation is 1. The van der Waals surface area contributed by atoms with Crippen LogP contribution in [0.5, 0.6) is 11.5 Å². The Morgan fingerprint density at radius 1 is 1.24 bits per heavy atom. The van der Waals surface area contributed by atoms with E-state index >= 15 is 0 Å². The van der Waals surface area contributed by atoms with Crippen molar-refractivity contribution in [3.05, 3.63) is 40.1 Å². The molecule has 0 atom stereocenters. The molecule has 0 fully saturated rings. The van der Waals surface area contributed by atoms with Crippen molar-refractivity contribution in [1.82, 2.24) is 0 Å². The van der Waals surface area contributed by atoms with E-state index in [2.05, 4.69) is 28.7 Å². The first-order chi connectivity index (χ1) is 10.1. The number of nitrogens with one attached hydrogen (secondary N) is 1. The van der Waals surface area contributed by atoms with Gasteiger partial charge >= 0.3 is 0 Å². The molecule has 112 valence electrons. The molecule has 0 radical (unpaired) electrons. The van der Waals surface area contributed by atoms with Gasteiger partial charge in [-0.3, -0.25) is 0 Å². The molecule has 0 aliphatic heterocycles. The number of aliphatic imine (C=N–C) groups is 1. The number of nitrogens with two attached hydrogens (primary N) is 1. The monoisotopic (exact) mass is 305 g/mol. The minimum atomic E-state index is 0.370. The maximum Gasteiger partial charge on any atom is 0.193 e. The van der Waals surface area contributed by atoms with Gasteiger partial charge in [0.15, 0.2) is 17.5 Å². The molecule has 2 aromatic rings. The van der Waals surface area contributed by atoms with Crippen LogP contribution in [0.1, 0.15) is 10.4 Å². The van der Waals surface area contributed by atoms with E-state index in [4.69, 9.17) is 15.2 Å². The van der Waals surface area contributed by atoms with Crippen LogP contribution < -0.4 is 20.5 Å². The van der Waals surface area contributed by atoms with Crippen molar-refractivity contribution in [3.8, 4) is 11.5 Å². The number of methoxy groups -OCH3 is 2. The highest BCUT2D eigenvalue weighted by Gasteiger charge is 2.05. The molecule has 1 aromatic heterocycles. The predicted octanol–water partition coefficient (Wildman–Crippen LogP) is 3.00. The van der Waals surface area contributed by atoms with Crippen LogP contribution in [-0.4, -0.2) is 20.2 Å². The van der Waals surface area contributed by atoms with Gasteiger partial charge in [-0.15, -0.1) is 11.3 Å². The number of ether oxygens (including phenoxy) is 2. The predicted molar refractivity (Wildman–Crippen MR) is 87.6 cm³/mol. The Morgan fingerprint density at radius 2 is 2.00 bits per heavy atom. The molecule has 0 bridgehead atoms. The molecule has 0 unspecified atom stereocenters. The van der Waals surface area contributed by atoms with Gasteiger partial charge in [-0.25, -0.2) is 4.99 Å². The van der Waals surface area contributed by atoms with Gasteiger partial charge in [-0.05, 0) is 36.1 Å². The second-order valence-corrected chi connectivity index (χ2v) is 5.42. The summed E-state index contributed by atoms with van der Waals surface area (Å²) < 4.78 is 10.4.